The summed E-state index contributed by atoms with van der Waals surface area (Å²) in [6, 6.07) is 5.30. The molecule has 0 unspecified atom stereocenters. The number of fused-ring (bicyclic) bond motifs is 1. The molecule has 0 spiro atoms. The number of hydrogen-bond acceptors (Lipinski definition) is 4. The monoisotopic (exact) mass is 319 g/mol. The van der Waals surface area contributed by atoms with Crippen molar-refractivity contribution in [2.75, 3.05) is 12.3 Å². The van der Waals surface area contributed by atoms with Gasteiger partial charge in [0.25, 0.3) is 5.56 Å². The number of carbonyl (C=O) groups is 1. The number of aromatic nitrogens is 2. The largest absolute Gasteiger partial charge is 0.355 e. The fourth-order valence-corrected chi connectivity index (χ4v) is 2.78. The standard InChI is InChI=1S/C16H21N3O2S/c1-3-4-7-17-15(20)11-22-10-13-8-16(21)19-9-12(2)5-6-14(19)18-13/h5-6,8-9H,3-4,7,10-11H2,1-2H3,(H,17,20). The van der Waals surface area contributed by atoms with E-state index in [4.69, 9.17) is 0 Å². The van der Waals surface area contributed by atoms with E-state index in [2.05, 4.69) is 17.2 Å². The van der Waals surface area contributed by atoms with E-state index in [9.17, 15) is 9.59 Å². The molecule has 2 rings (SSSR count). The third-order valence-electron chi connectivity index (χ3n) is 3.20. The Balaban J connectivity index is 1.94. The molecule has 0 atom stereocenters. The molecule has 0 bridgehead atoms. The van der Waals surface area contributed by atoms with Crippen LogP contribution < -0.4 is 10.9 Å². The number of rotatable bonds is 7. The molecule has 0 saturated heterocycles. The summed E-state index contributed by atoms with van der Waals surface area (Å²) in [5, 5.41) is 2.87. The summed E-state index contributed by atoms with van der Waals surface area (Å²) in [7, 11) is 0. The van der Waals surface area contributed by atoms with Crippen LogP contribution >= 0.6 is 11.8 Å². The fourth-order valence-electron chi connectivity index (χ4n) is 2.04. The molecular weight excluding hydrogens is 298 g/mol. The van der Waals surface area contributed by atoms with Gasteiger partial charge in [0, 0.05) is 24.6 Å². The maximum atomic E-state index is 12.1. The predicted molar refractivity (Wildman–Crippen MR) is 90.3 cm³/mol. The molecule has 0 fully saturated rings. The first kappa shape index (κ1) is 16.5. The molecule has 22 heavy (non-hydrogen) atoms. The van der Waals surface area contributed by atoms with Gasteiger partial charge in [-0.1, -0.05) is 19.4 Å². The average molecular weight is 319 g/mol. The number of nitrogens with one attached hydrogen (secondary N) is 1. The highest BCUT2D eigenvalue weighted by atomic mass is 32.2. The molecule has 0 aliphatic rings. The molecule has 0 aliphatic carbocycles. The Kier molecular flexibility index (Phi) is 6.00. The van der Waals surface area contributed by atoms with Crippen LogP contribution in [0.4, 0.5) is 0 Å². The molecule has 5 nitrogen and oxygen atoms in total. The van der Waals surface area contributed by atoms with Crippen LogP contribution in [0.2, 0.25) is 0 Å². The maximum Gasteiger partial charge on any atom is 0.258 e. The topological polar surface area (TPSA) is 63.5 Å². The van der Waals surface area contributed by atoms with Gasteiger partial charge in [0.1, 0.15) is 5.65 Å². The van der Waals surface area contributed by atoms with E-state index >= 15 is 0 Å². The SMILES string of the molecule is CCCCNC(=O)CSCc1cc(=O)n2cc(C)ccc2n1. The van der Waals surface area contributed by atoms with Crippen molar-refractivity contribution in [1.82, 2.24) is 14.7 Å². The highest BCUT2D eigenvalue weighted by molar-refractivity contribution is 7.99. The van der Waals surface area contributed by atoms with Gasteiger partial charge in [-0.15, -0.1) is 11.8 Å². The second kappa shape index (κ2) is 7.98. The van der Waals surface area contributed by atoms with Gasteiger partial charge in [0.2, 0.25) is 5.91 Å². The highest BCUT2D eigenvalue weighted by Gasteiger charge is 2.05. The Bertz CT molecular complexity index is 712. The second-order valence-electron chi connectivity index (χ2n) is 5.22. The zero-order valence-electron chi connectivity index (χ0n) is 13.0. The van der Waals surface area contributed by atoms with Gasteiger partial charge in [0.15, 0.2) is 0 Å². The van der Waals surface area contributed by atoms with Gasteiger partial charge in [-0.2, -0.15) is 0 Å². The predicted octanol–water partition coefficient (Wildman–Crippen LogP) is 2.15. The molecule has 0 aliphatic heterocycles. The van der Waals surface area contributed by atoms with Crippen LogP contribution in [-0.4, -0.2) is 27.6 Å². The quantitative estimate of drug-likeness (QED) is 0.794. The average Bonchev–Trinajstić information content (AvgIpc) is 2.48. The summed E-state index contributed by atoms with van der Waals surface area (Å²) in [6.07, 6.45) is 3.85. The summed E-state index contributed by atoms with van der Waals surface area (Å²) in [6.45, 7) is 4.75. The lowest BCUT2D eigenvalue weighted by atomic mass is 10.3. The summed E-state index contributed by atoms with van der Waals surface area (Å²) in [5.74, 6) is 0.978. The number of thioether (sulfide) groups is 1. The first-order chi connectivity index (χ1) is 10.6. The van der Waals surface area contributed by atoms with Gasteiger partial charge >= 0.3 is 0 Å². The van der Waals surface area contributed by atoms with Crippen molar-refractivity contribution in [3.05, 3.63) is 46.0 Å². The second-order valence-corrected chi connectivity index (χ2v) is 6.20. The number of pyridine rings is 1. The molecular formula is C16H21N3O2S. The fraction of sp³-hybridized carbons (Fsp3) is 0.438. The van der Waals surface area contributed by atoms with Gasteiger partial charge in [0.05, 0.1) is 11.4 Å². The lowest BCUT2D eigenvalue weighted by molar-refractivity contribution is -0.118. The van der Waals surface area contributed by atoms with Crippen LogP contribution in [-0.2, 0) is 10.5 Å². The van der Waals surface area contributed by atoms with Crippen molar-refractivity contribution in [2.45, 2.75) is 32.4 Å². The van der Waals surface area contributed by atoms with E-state index in [1.165, 1.54) is 17.8 Å². The molecule has 2 aromatic heterocycles. The summed E-state index contributed by atoms with van der Waals surface area (Å²) < 4.78 is 1.54. The molecule has 2 aromatic rings. The molecule has 0 radical (unpaired) electrons. The molecule has 2 heterocycles. The molecule has 0 saturated carbocycles. The molecule has 0 aromatic carbocycles. The number of nitrogens with zero attached hydrogens (tertiary/aromatic N) is 2. The van der Waals surface area contributed by atoms with Crippen molar-refractivity contribution in [3.63, 3.8) is 0 Å². The minimum absolute atomic E-state index is 0.0339. The minimum atomic E-state index is -0.0864. The highest BCUT2D eigenvalue weighted by Crippen LogP contribution is 2.10. The number of hydrogen-bond donors (Lipinski definition) is 1. The zero-order chi connectivity index (χ0) is 15.9. The lowest BCUT2D eigenvalue weighted by Crippen LogP contribution is -2.26. The Hall–Kier alpha value is -1.82. The lowest BCUT2D eigenvalue weighted by Gasteiger charge is -2.06. The van der Waals surface area contributed by atoms with Crippen molar-refractivity contribution in [3.8, 4) is 0 Å². The number of amides is 1. The Morgan fingerprint density at radius 3 is 3.00 bits per heavy atom. The minimum Gasteiger partial charge on any atom is -0.355 e. The molecule has 118 valence electrons. The van der Waals surface area contributed by atoms with Crippen molar-refractivity contribution in [1.29, 1.82) is 0 Å². The Morgan fingerprint density at radius 2 is 2.23 bits per heavy atom. The third kappa shape index (κ3) is 4.59. The van der Waals surface area contributed by atoms with Crippen LogP contribution in [0.1, 0.15) is 31.0 Å². The van der Waals surface area contributed by atoms with Crippen LogP contribution in [0.5, 0.6) is 0 Å². The van der Waals surface area contributed by atoms with Gasteiger partial charge < -0.3 is 5.32 Å². The summed E-state index contributed by atoms with van der Waals surface area (Å²) >= 11 is 1.47. The number of aryl methyl sites for hydroxylation is 1. The van der Waals surface area contributed by atoms with Gasteiger partial charge in [-0.25, -0.2) is 4.98 Å². The van der Waals surface area contributed by atoms with E-state index in [0.29, 0.717) is 22.8 Å². The van der Waals surface area contributed by atoms with Gasteiger partial charge in [-0.05, 0) is 25.0 Å². The normalized spacial score (nSPS) is 10.8. The van der Waals surface area contributed by atoms with Crippen LogP contribution in [0, 0.1) is 6.92 Å². The van der Waals surface area contributed by atoms with Crippen molar-refractivity contribution >= 4 is 23.3 Å². The first-order valence-corrected chi connectivity index (χ1v) is 8.59. The van der Waals surface area contributed by atoms with Crippen molar-refractivity contribution in [2.24, 2.45) is 0 Å². The smallest absolute Gasteiger partial charge is 0.258 e. The van der Waals surface area contributed by atoms with E-state index in [1.54, 1.807) is 10.6 Å². The first-order valence-electron chi connectivity index (χ1n) is 7.43. The molecule has 6 heteroatoms. The van der Waals surface area contributed by atoms with Crippen LogP contribution in [0.3, 0.4) is 0 Å². The third-order valence-corrected chi connectivity index (χ3v) is 4.16. The van der Waals surface area contributed by atoms with E-state index < -0.39 is 0 Å². The Labute approximate surface area is 134 Å². The van der Waals surface area contributed by atoms with E-state index in [0.717, 1.165) is 24.9 Å². The summed E-state index contributed by atoms with van der Waals surface area (Å²) in [5.41, 5.74) is 2.28. The van der Waals surface area contributed by atoms with E-state index in [-0.39, 0.29) is 11.5 Å². The number of unbranched alkanes of at least 4 members (excludes halogenated alkanes) is 1. The number of carbonyl (C=O) groups excluding carboxylic acids is 1. The molecule has 1 N–H and O–H groups in total. The van der Waals surface area contributed by atoms with Gasteiger partial charge in [-0.3, -0.25) is 14.0 Å². The zero-order valence-corrected chi connectivity index (χ0v) is 13.8. The van der Waals surface area contributed by atoms with E-state index in [1.807, 2.05) is 19.1 Å². The van der Waals surface area contributed by atoms with Crippen LogP contribution in [0.15, 0.2) is 29.2 Å². The van der Waals surface area contributed by atoms with Crippen LogP contribution in [0.25, 0.3) is 5.65 Å². The Morgan fingerprint density at radius 1 is 1.41 bits per heavy atom. The summed E-state index contributed by atoms with van der Waals surface area (Å²) in [4.78, 5) is 28.1. The van der Waals surface area contributed by atoms with Crippen molar-refractivity contribution < 1.29 is 4.79 Å². The molecule has 1 amide bonds. The maximum absolute atomic E-state index is 12.1.